The molecule has 0 saturated carbocycles. The predicted octanol–water partition coefficient (Wildman–Crippen LogP) is 2.62. The first kappa shape index (κ1) is 13.7. The van der Waals surface area contributed by atoms with Crippen LogP contribution in [0, 0.1) is 13.8 Å². The van der Waals surface area contributed by atoms with Crippen molar-refractivity contribution in [1.29, 1.82) is 0 Å². The van der Waals surface area contributed by atoms with Gasteiger partial charge in [-0.2, -0.15) is 0 Å². The van der Waals surface area contributed by atoms with Crippen molar-refractivity contribution in [3.63, 3.8) is 0 Å². The number of hydrogen-bond donors (Lipinski definition) is 1. The third-order valence-corrected chi connectivity index (χ3v) is 3.29. The predicted molar refractivity (Wildman–Crippen MR) is 75.5 cm³/mol. The van der Waals surface area contributed by atoms with Gasteiger partial charge in [0.25, 0.3) is 0 Å². The highest BCUT2D eigenvalue weighted by atomic mass is 127. The second kappa shape index (κ2) is 7.06. The molecule has 0 amide bonds. The Morgan fingerprint density at radius 3 is 2.81 bits per heavy atom. The lowest BCUT2D eigenvalue weighted by Gasteiger charge is -2.12. The maximum atomic E-state index is 5.37. The Labute approximate surface area is 111 Å². The Balaban J connectivity index is 2.66. The summed E-state index contributed by atoms with van der Waals surface area (Å²) in [5.41, 5.74) is 3.32. The summed E-state index contributed by atoms with van der Waals surface area (Å²) >= 11 is 2.39. The highest BCUT2D eigenvalue weighted by molar-refractivity contribution is 14.1. The van der Waals surface area contributed by atoms with E-state index in [1.807, 2.05) is 13.1 Å². The molecule has 0 bridgehead atoms. The van der Waals surface area contributed by atoms with Crippen LogP contribution in [0.5, 0.6) is 5.75 Å². The van der Waals surface area contributed by atoms with Crippen LogP contribution in [-0.4, -0.2) is 23.1 Å². The molecule has 1 N–H and O–H groups in total. The molecule has 0 atom stereocenters. The quantitative estimate of drug-likeness (QED) is 0.493. The number of methoxy groups -OCH3 is 1. The zero-order valence-electron chi connectivity index (χ0n) is 10.1. The topological polar surface area (TPSA) is 34.1 Å². The summed E-state index contributed by atoms with van der Waals surface area (Å²) in [6.07, 6.45) is 3.07. The van der Waals surface area contributed by atoms with E-state index >= 15 is 0 Å². The fourth-order valence-electron chi connectivity index (χ4n) is 1.65. The van der Waals surface area contributed by atoms with Crippen LogP contribution in [0.1, 0.15) is 23.2 Å². The Hall–Kier alpha value is -0.360. The lowest BCUT2D eigenvalue weighted by molar-refractivity contribution is 0.406. The number of aromatic nitrogens is 1. The number of ether oxygens (including phenoxy) is 1. The summed E-state index contributed by atoms with van der Waals surface area (Å²) in [6, 6.07) is 0. The molecular weight excluding hydrogens is 315 g/mol. The highest BCUT2D eigenvalue weighted by Crippen LogP contribution is 2.23. The maximum absolute atomic E-state index is 5.37. The van der Waals surface area contributed by atoms with Gasteiger partial charge in [0.1, 0.15) is 5.75 Å². The van der Waals surface area contributed by atoms with Crippen molar-refractivity contribution in [2.45, 2.75) is 26.8 Å². The van der Waals surface area contributed by atoms with Crippen LogP contribution in [0.4, 0.5) is 0 Å². The van der Waals surface area contributed by atoms with Gasteiger partial charge in [0.05, 0.1) is 12.8 Å². The number of pyridine rings is 1. The minimum atomic E-state index is 0.819. The second-order valence-electron chi connectivity index (χ2n) is 3.77. The van der Waals surface area contributed by atoms with Gasteiger partial charge in [-0.1, -0.05) is 22.6 Å². The fraction of sp³-hybridized carbons (Fsp3) is 0.583. The molecule has 0 aliphatic heterocycles. The van der Waals surface area contributed by atoms with E-state index in [2.05, 4.69) is 39.8 Å². The largest absolute Gasteiger partial charge is 0.496 e. The lowest BCUT2D eigenvalue weighted by atomic mass is 10.1. The van der Waals surface area contributed by atoms with Gasteiger partial charge >= 0.3 is 0 Å². The third-order valence-electron chi connectivity index (χ3n) is 2.53. The molecule has 90 valence electrons. The van der Waals surface area contributed by atoms with E-state index in [1.54, 1.807) is 7.11 Å². The van der Waals surface area contributed by atoms with E-state index in [9.17, 15) is 0 Å². The zero-order chi connectivity index (χ0) is 12.0. The standard InChI is InChI=1S/C12H19IN2O/c1-9-7-15-11(8-14-6-4-5-13)10(2)12(9)16-3/h7,14H,4-6,8H2,1-3H3. The van der Waals surface area contributed by atoms with Crippen molar-refractivity contribution in [2.24, 2.45) is 0 Å². The fourth-order valence-corrected chi connectivity index (χ4v) is 2.03. The molecule has 0 aliphatic carbocycles. The Bertz CT molecular complexity index is 342. The van der Waals surface area contributed by atoms with Crippen LogP contribution in [-0.2, 0) is 6.54 Å². The van der Waals surface area contributed by atoms with Crippen molar-refractivity contribution >= 4 is 22.6 Å². The Morgan fingerprint density at radius 2 is 2.19 bits per heavy atom. The molecule has 0 spiro atoms. The summed E-state index contributed by atoms with van der Waals surface area (Å²) in [4.78, 5) is 4.44. The molecule has 0 aromatic carbocycles. The SMILES string of the molecule is COc1c(C)cnc(CNCCCI)c1C. The molecule has 0 aliphatic rings. The molecule has 0 fully saturated rings. The Kier molecular flexibility index (Phi) is 6.05. The molecule has 4 heteroatoms. The number of aryl methyl sites for hydroxylation is 1. The third kappa shape index (κ3) is 3.59. The molecule has 1 heterocycles. The first-order valence-corrected chi connectivity index (χ1v) is 6.99. The van der Waals surface area contributed by atoms with E-state index in [0.717, 1.165) is 35.7 Å². The average Bonchev–Trinajstić information content (AvgIpc) is 2.28. The number of hydrogen-bond acceptors (Lipinski definition) is 3. The number of rotatable bonds is 6. The highest BCUT2D eigenvalue weighted by Gasteiger charge is 2.08. The molecule has 1 aromatic rings. The van der Waals surface area contributed by atoms with Crippen molar-refractivity contribution in [1.82, 2.24) is 10.3 Å². The molecule has 1 rings (SSSR count). The second-order valence-corrected chi connectivity index (χ2v) is 4.84. The van der Waals surface area contributed by atoms with E-state index in [0.29, 0.717) is 0 Å². The van der Waals surface area contributed by atoms with Gasteiger partial charge in [0.2, 0.25) is 0 Å². The maximum Gasteiger partial charge on any atom is 0.128 e. The molecule has 1 aromatic heterocycles. The van der Waals surface area contributed by atoms with E-state index in [1.165, 1.54) is 10.8 Å². The van der Waals surface area contributed by atoms with Gasteiger partial charge < -0.3 is 10.1 Å². The van der Waals surface area contributed by atoms with Gasteiger partial charge in [0.15, 0.2) is 0 Å². The van der Waals surface area contributed by atoms with Crippen LogP contribution in [0.15, 0.2) is 6.20 Å². The van der Waals surface area contributed by atoms with Crippen LogP contribution in [0.25, 0.3) is 0 Å². The van der Waals surface area contributed by atoms with Crippen LogP contribution < -0.4 is 10.1 Å². The van der Waals surface area contributed by atoms with Crippen molar-refractivity contribution in [3.8, 4) is 5.75 Å². The van der Waals surface area contributed by atoms with E-state index < -0.39 is 0 Å². The van der Waals surface area contributed by atoms with Gasteiger partial charge in [-0.25, -0.2) is 0 Å². The first-order valence-electron chi connectivity index (χ1n) is 5.46. The van der Waals surface area contributed by atoms with E-state index in [4.69, 9.17) is 4.74 Å². The van der Waals surface area contributed by atoms with Gasteiger partial charge in [0, 0.05) is 28.3 Å². The number of halogens is 1. The first-order chi connectivity index (χ1) is 7.70. The molecule has 0 saturated heterocycles. The van der Waals surface area contributed by atoms with Crippen LogP contribution in [0.2, 0.25) is 0 Å². The van der Waals surface area contributed by atoms with Crippen LogP contribution >= 0.6 is 22.6 Å². The zero-order valence-corrected chi connectivity index (χ0v) is 12.3. The molecule has 3 nitrogen and oxygen atoms in total. The number of nitrogens with one attached hydrogen (secondary N) is 1. The smallest absolute Gasteiger partial charge is 0.128 e. The molecule has 0 unspecified atom stereocenters. The summed E-state index contributed by atoms with van der Waals surface area (Å²) in [7, 11) is 1.71. The van der Waals surface area contributed by atoms with Crippen molar-refractivity contribution in [3.05, 3.63) is 23.0 Å². The van der Waals surface area contributed by atoms with E-state index in [-0.39, 0.29) is 0 Å². The van der Waals surface area contributed by atoms with Gasteiger partial charge in [-0.15, -0.1) is 0 Å². The van der Waals surface area contributed by atoms with Crippen LogP contribution in [0.3, 0.4) is 0 Å². The number of alkyl halides is 1. The molecule has 0 radical (unpaired) electrons. The average molecular weight is 334 g/mol. The van der Waals surface area contributed by atoms with Crippen molar-refractivity contribution in [2.75, 3.05) is 18.1 Å². The van der Waals surface area contributed by atoms with Gasteiger partial charge in [-0.05, 0) is 26.8 Å². The molecular formula is C12H19IN2O. The Morgan fingerprint density at radius 1 is 1.44 bits per heavy atom. The lowest BCUT2D eigenvalue weighted by Crippen LogP contribution is -2.17. The van der Waals surface area contributed by atoms with Gasteiger partial charge in [-0.3, -0.25) is 4.98 Å². The summed E-state index contributed by atoms with van der Waals surface area (Å²) in [6.45, 7) is 5.94. The summed E-state index contributed by atoms with van der Waals surface area (Å²) in [5.74, 6) is 0.959. The normalized spacial score (nSPS) is 10.5. The minimum absolute atomic E-state index is 0.819. The minimum Gasteiger partial charge on any atom is -0.496 e. The molecule has 16 heavy (non-hydrogen) atoms. The number of nitrogens with zero attached hydrogens (tertiary/aromatic N) is 1. The monoisotopic (exact) mass is 334 g/mol. The summed E-state index contributed by atoms with van der Waals surface area (Å²) in [5, 5.41) is 3.39. The summed E-state index contributed by atoms with van der Waals surface area (Å²) < 4.78 is 6.56. The van der Waals surface area contributed by atoms with Crippen molar-refractivity contribution < 1.29 is 4.74 Å².